The number of amides is 1. The standard InChI is InChI=1S/C19H18N2O4/c1-12-15(23-2)9-8-14(18(12)24-3)11-20-21-19(22)17-10-13-6-4-5-7-16(13)25-17/h4-11H,1-3H3,(H,21,22)/b20-11+. The minimum Gasteiger partial charge on any atom is -0.496 e. The van der Waals surface area contributed by atoms with Gasteiger partial charge in [-0.3, -0.25) is 4.79 Å². The van der Waals surface area contributed by atoms with Crippen molar-refractivity contribution >= 4 is 23.1 Å². The number of furan rings is 1. The second kappa shape index (κ2) is 7.09. The Hall–Kier alpha value is -3.28. The van der Waals surface area contributed by atoms with Crippen LogP contribution in [0.5, 0.6) is 11.5 Å². The van der Waals surface area contributed by atoms with E-state index < -0.39 is 5.91 Å². The number of ether oxygens (including phenoxy) is 2. The molecule has 1 aromatic heterocycles. The number of methoxy groups -OCH3 is 2. The Morgan fingerprint density at radius 2 is 1.96 bits per heavy atom. The third kappa shape index (κ3) is 3.33. The van der Waals surface area contributed by atoms with Gasteiger partial charge in [-0.05, 0) is 31.2 Å². The normalized spacial score (nSPS) is 11.0. The number of nitrogens with one attached hydrogen (secondary N) is 1. The lowest BCUT2D eigenvalue weighted by atomic mass is 10.1. The number of hydrogen-bond donors (Lipinski definition) is 1. The molecule has 1 heterocycles. The summed E-state index contributed by atoms with van der Waals surface area (Å²) in [6.45, 7) is 1.89. The largest absolute Gasteiger partial charge is 0.496 e. The maximum atomic E-state index is 12.2. The predicted octanol–water partition coefficient (Wildman–Crippen LogP) is 3.52. The highest BCUT2D eigenvalue weighted by molar-refractivity contribution is 5.96. The molecule has 0 saturated carbocycles. The second-order valence-corrected chi connectivity index (χ2v) is 5.36. The van der Waals surface area contributed by atoms with Gasteiger partial charge in [0.2, 0.25) is 0 Å². The summed E-state index contributed by atoms with van der Waals surface area (Å²) in [5.74, 6) is 1.15. The number of carbonyl (C=O) groups is 1. The van der Waals surface area contributed by atoms with Gasteiger partial charge in [-0.15, -0.1) is 0 Å². The van der Waals surface area contributed by atoms with Crippen molar-refractivity contribution in [3.05, 3.63) is 59.4 Å². The molecular weight excluding hydrogens is 320 g/mol. The number of hydrogen-bond acceptors (Lipinski definition) is 5. The van der Waals surface area contributed by atoms with E-state index in [1.165, 1.54) is 6.21 Å². The van der Waals surface area contributed by atoms with Crippen LogP contribution in [0.3, 0.4) is 0 Å². The molecule has 3 aromatic rings. The van der Waals surface area contributed by atoms with Crippen LogP contribution in [0.4, 0.5) is 0 Å². The highest BCUT2D eigenvalue weighted by Crippen LogP contribution is 2.30. The maximum absolute atomic E-state index is 12.2. The van der Waals surface area contributed by atoms with Crippen molar-refractivity contribution in [2.75, 3.05) is 14.2 Å². The first kappa shape index (κ1) is 16.6. The zero-order chi connectivity index (χ0) is 17.8. The molecule has 0 fully saturated rings. The summed E-state index contributed by atoms with van der Waals surface area (Å²) in [4.78, 5) is 12.2. The smallest absolute Gasteiger partial charge is 0.307 e. The topological polar surface area (TPSA) is 73.1 Å². The van der Waals surface area contributed by atoms with Gasteiger partial charge in [0.15, 0.2) is 5.76 Å². The lowest BCUT2D eigenvalue weighted by molar-refractivity contribution is 0.0929. The average molecular weight is 338 g/mol. The van der Waals surface area contributed by atoms with Gasteiger partial charge in [-0.1, -0.05) is 18.2 Å². The molecular formula is C19H18N2O4. The summed E-state index contributed by atoms with van der Waals surface area (Å²) in [5, 5.41) is 4.85. The minimum absolute atomic E-state index is 0.205. The van der Waals surface area contributed by atoms with Gasteiger partial charge in [0.1, 0.15) is 17.1 Å². The van der Waals surface area contributed by atoms with Crippen LogP contribution < -0.4 is 14.9 Å². The average Bonchev–Trinajstić information content (AvgIpc) is 3.06. The fourth-order valence-electron chi connectivity index (χ4n) is 2.60. The van der Waals surface area contributed by atoms with Gasteiger partial charge in [0.25, 0.3) is 0 Å². The Kier molecular flexibility index (Phi) is 4.70. The van der Waals surface area contributed by atoms with Gasteiger partial charge < -0.3 is 13.9 Å². The molecule has 0 saturated heterocycles. The molecule has 1 amide bonds. The van der Waals surface area contributed by atoms with Crippen LogP contribution in [0.2, 0.25) is 0 Å². The van der Waals surface area contributed by atoms with Crippen LogP contribution in [0.1, 0.15) is 21.7 Å². The molecule has 3 rings (SSSR count). The first-order chi connectivity index (χ1) is 12.1. The molecule has 6 nitrogen and oxygen atoms in total. The third-order valence-electron chi connectivity index (χ3n) is 3.83. The van der Waals surface area contributed by atoms with Crippen molar-refractivity contribution in [1.29, 1.82) is 0 Å². The molecule has 0 radical (unpaired) electrons. The van der Waals surface area contributed by atoms with E-state index in [4.69, 9.17) is 13.9 Å². The summed E-state index contributed by atoms with van der Waals surface area (Å²) < 4.78 is 16.2. The van der Waals surface area contributed by atoms with Crippen molar-refractivity contribution in [1.82, 2.24) is 5.43 Å². The Balaban J connectivity index is 1.76. The van der Waals surface area contributed by atoms with Gasteiger partial charge in [0, 0.05) is 16.5 Å². The van der Waals surface area contributed by atoms with Crippen LogP contribution in [-0.4, -0.2) is 26.3 Å². The number of fused-ring (bicyclic) bond motifs is 1. The number of carbonyl (C=O) groups excluding carboxylic acids is 1. The lowest BCUT2D eigenvalue weighted by Gasteiger charge is -2.11. The molecule has 0 bridgehead atoms. The number of para-hydroxylation sites is 1. The lowest BCUT2D eigenvalue weighted by Crippen LogP contribution is -2.16. The fraction of sp³-hybridized carbons (Fsp3) is 0.158. The molecule has 0 atom stereocenters. The minimum atomic E-state index is -0.420. The van der Waals surface area contributed by atoms with Crippen molar-refractivity contribution in [3.8, 4) is 11.5 Å². The summed E-state index contributed by atoms with van der Waals surface area (Å²) in [5.41, 5.74) is 4.70. The van der Waals surface area contributed by atoms with E-state index in [-0.39, 0.29) is 5.76 Å². The number of rotatable bonds is 5. The third-order valence-corrected chi connectivity index (χ3v) is 3.83. The summed E-state index contributed by atoms with van der Waals surface area (Å²) in [6.07, 6.45) is 1.52. The Labute approximate surface area is 145 Å². The van der Waals surface area contributed by atoms with Crippen LogP contribution in [0.25, 0.3) is 11.0 Å². The van der Waals surface area contributed by atoms with E-state index in [2.05, 4.69) is 10.5 Å². The fourth-order valence-corrected chi connectivity index (χ4v) is 2.60. The van der Waals surface area contributed by atoms with E-state index >= 15 is 0 Å². The van der Waals surface area contributed by atoms with Crippen molar-refractivity contribution < 1.29 is 18.7 Å². The molecule has 2 aromatic carbocycles. The molecule has 6 heteroatoms. The Morgan fingerprint density at radius 3 is 2.68 bits per heavy atom. The molecule has 25 heavy (non-hydrogen) atoms. The van der Waals surface area contributed by atoms with E-state index in [9.17, 15) is 4.79 Å². The van der Waals surface area contributed by atoms with Gasteiger partial charge in [0.05, 0.1) is 20.4 Å². The van der Waals surface area contributed by atoms with Gasteiger partial charge >= 0.3 is 5.91 Å². The SMILES string of the molecule is COc1ccc(/C=N/NC(=O)c2cc3ccccc3o2)c(OC)c1C. The Bertz CT molecular complexity index is 911. The maximum Gasteiger partial charge on any atom is 0.307 e. The van der Waals surface area contributed by atoms with Crippen molar-refractivity contribution in [3.63, 3.8) is 0 Å². The quantitative estimate of drug-likeness (QED) is 0.571. The van der Waals surface area contributed by atoms with Crippen LogP contribution in [0.15, 0.2) is 52.0 Å². The monoisotopic (exact) mass is 338 g/mol. The molecule has 0 aliphatic carbocycles. The zero-order valence-electron chi connectivity index (χ0n) is 14.2. The first-order valence-electron chi connectivity index (χ1n) is 7.67. The predicted molar refractivity (Wildman–Crippen MR) is 95.6 cm³/mol. The van der Waals surface area contributed by atoms with Crippen molar-refractivity contribution in [2.45, 2.75) is 6.92 Å². The molecule has 0 spiro atoms. The van der Waals surface area contributed by atoms with E-state index in [0.29, 0.717) is 11.3 Å². The summed E-state index contributed by atoms with van der Waals surface area (Å²) in [7, 11) is 3.18. The zero-order valence-corrected chi connectivity index (χ0v) is 14.2. The number of benzene rings is 2. The molecule has 128 valence electrons. The Morgan fingerprint density at radius 1 is 1.16 bits per heavy atom. The van der Waals surface area contributed by atoms with E-state index in [0.717, 1.165) is 22.3 Å². The molecule has 0 aliphatic heterocycles. The summed E-state index contributed by atoms with van der Waals surface area (Å²) in [6, 6.07) is 12.7. The number of nitrogens with zero attached hydrogens (tertiary/aromatic N) is 1. The van der Waals surface area contributed by atoms with Crippen molar-refractivity contribution in [2.24, 2.45) is 5.10 Å². The molecule has 1 N–H and O–H groups in total. The van der Waals surface area contributed by atoms with Crippen LogP contribution in [-0.2, 0) is 0 Å². The number of hydrazone groups is 1. The van der Waals surface area contributed by atoms with Gasteiger partial charge in [-0.2, -0.15) is 5.10 Å². The van der Waals surface area contributed by atoms with Gasteiger partial charge in [-0.25, -0.2) is 5.43 Å². The summed E-state index contributed by atoms with van der Waals surface area (Å²) >= 11 is 0. The first-order valence-corrected chi connectivity index (χ1v) is 7.67. The molecule has 0 aliphatic rings. The second-order valence-electron chi connectivity index (χ2n) is 5.36. The highest BCUT2D eigenvalue weighted by Gasteiger charge is 2.12. The van der Waals surface area contributed by atoms with Crippen LogP contribution >= 0.6 is 0 Å². The highest BCUT2D eigenvalue weighted by atomic mass is 16.5. The van der Waals surface area contributed by atoms with Crippen LogP contribution in [0, 0.1) is 6.92 Å². The van der Waals surface area contributed by atoms with E-state index in [1.54, 1.807) is 26.4 Å². The molecule has 0 unspecified atom stereocenters. The van der Waals surface area contributed by atoms with E-state index in [1.807, 2.05) is 37.3 Å².